The van der Waals surface area contributed by atoms with Gasteiger partial charge in [-0.15, -0.1) is 0 Å². The molecular formula is C12H16N2O2. The first-order chi connectivity index (χ1) is 7.81. The van der Waals surface area contributed by atoms with Crippen molar-refractivity contribution >= 4 is 5.91 Å². The maximum absolute atomic E-state index is 11.6. The van der Waals surface area contributed by atoms with E-state index in [0.717, 1.165) is 5.56 Å². The second-order valence-corrected chi connectivity index (χ2v) is 4.08. The van der Waals surface area contributed by atoms with Crippen LogP contribution in [0.5, 0.6) is 0 Å². The van der Waals surface area contributed by atoms with E-state index < -0.39 is 6.10 Å². The molecule has 1 aliphatic carbocycles. The van der Waals surface area contributed by atoms with Crippen LogP contribution >= 0.6 is 0 Å². The summed E-state index contributed by atoms with van der Waals surface area (Å²) in [6.45, 7) is 0.632. The molecule has 0 heterocycles. The van der Waals surface area contributed by atoms with Gasteiger partial charge in [-0.2, -0.15) is 0 Å². The van der Waals surface area contributed by atoms with Gasteiger partial charge in [-0.05, 0) is 24.3 Å². The number of hydrogen-bond acceptors (Lipinski definition) is 3. The first-order valence-corrected chi connectivity index (χ1v) is 5.48. The second kappa shape index (κ2) is 5.09. The Bertz CT molecular complexity index is 349. The van der Waals surface area contributed by atoms with E-state index in [1.165, 1.54) is 12.8 Å². The summed E-state index contributed by atoms with van der Waals surface area (Å²) in [4.78, 5) is 11.6. The number of nitrogens with two attached hydrogens (primary N) is 1. The van der Waals surface area contributed by atoms with Crippen LogP contribution in [0.2, 0.25) is 0 Å². The van der Waals surface area contributed by atoms with Crippen LogP contribution in [0.15, 0.2) is 30.3 Å². The van der Waals surface area contributed by atoms with E-state index in [4.69, 9.17) is 10.6 Å². The standard InChI is InChI=1S/C12H16N2O2/c13-14-12(15)11(16-8-9-6-7-9)10-4-2-1-3-5-10/h1-5,9,11H,6-8,13H2,(H,14,15). The average Bonchev–Trinajstić information content (AvgIpc) is 3.14. The van der Waals surface area contributed by atoms with Crippen molar-refractivity contribution in [3.8, 4) is 0 Å². The fourth-order valence-electron chi connectivity index (χ4n) is 1.54. The monoisotopic (exact) mass is 220 g/mol. The van der Waals surface area contributed by atoms with Crippen molar-refractivity contribution in [3.63, 3.8) is 0 Å². The maximum atomic E-state index is 11.6. The topological polar surface area (TPSA) is 64.3 Å². The van der Waals surface area contributed by atoms with E-state index in [0.29, 0.717) is 12.5 Å². The minimum absolute atomic E-state index is 0.299. The quantitative estimate of drug-likeness (QED) is 0.444. The number of ether oxygens (including phenoxy) is 1. The van der Waals surface area contributed by atoms with Crippen molar-refractivity contribution < 1.29 is 9.53 Å². The summed E-state index contributed by atoms with van der Waals surface area (Å²) in [5.41, 5.74) is 2.98. The van der Waals surface area contributed by atoms with E-state index in [1.54, 1.807) is 0 Å². The van der Waals surface area contributed by atoms with Crippen molar-refractivity contribution in [1.82, 2.24) is 5.43 Å². The van der Waals surface area contributed by atoms with Crippen LogP contribution in [0.3, 0.4) is 0 Å². The minimum Gasteiger partial charge on any atom is -0.363 e. The first kappa shape index (κ1) is 11.1. The molecule has 0 aromatic heterocycles. The Labute approximate surface area is 94.8 Å². The molecule has 4 heteroatoms. The van der Waals surface area contributed by atoms with Crippen molar-refractivity contribution in [2.75, 3.05) is 6.61 Å². The van der Waals surface area contributed by atoms with Gasteiger partial charge < -0.3 is 4.74 Å². The molecule has 86 valence electrons. The molecule has 0 spiro atoms. The number of carbonyl (C=O) groups is 1. The summed E-state index contributed by atoms with van der Waals surface area (Å²) < 4.78 is 5.61. The van der Waals surface area contributed by atoms with E-state index in [-0.39, 0.29) is 5.91 Å². The Morgan fingerprint density at radius 2 is 2.12 bits per heavy atom. The molecule has 1 fully saturated rings. The zero-order valence-electron chi connectivity index (χ0n) is 9.06. The predicted molar refractivity (Wildman–Crippen MR) is 60.2 cm³/mol. The number of carbonyl (C=O) groups excluding carboxylic acids is 1. The van der Waals surface area contributed by atoms with Gasteiger partial charge >= 0.3 is 0 Å². The van der Waals surface area contributed by atoms with Crippen LogP contribution in [0.1, 0.15) is 24.5 Å². The molecule has 1 aliphatic rings. The molecule has 2 rings (SSSR count). The van der Waals surface area contributed by atoms with Gasteiger partial charge in [0.1, 0.15) is 0 Å². The fourth-order valence-corrected chi connectivity index (χ4v) is 1.54. The lowest BCUT2D eigenvalue weighted by atomic mass is 10.1. The number of hydrazine groups is 1. The summed E-state index contributed by atoms with van der Waals surface area (Å²) in [6, 6.07) is 9.40. The van der Waals surface area contributed by atoms with Crippen LogP contribution in [-0.4, -0.2) is 12.5 Å². The maximum Gasteiger partial charge on any atom is 0.267 e. The lowest BCUT2D eigenvalue weighted by Gasteiger charge is -2.16. The number of amides is 1. The van der Waals surface area contributed by atoms with Gasteiger partial charge in [0.2, 0.25) is 0 Å². The van der Waals surface area contributed by atoms with Crippen molar-refractivity contribution in [2.45, 2.75) is 18.9 Å². The van der Waals surface area contributed by atoms with Gasteiger partial charge in [0.05, 0.1) is 6.61 Å². The fraction of sp³-hybridized carbons (Fsp3) is 0.417. The molecule has 1 aromatic carbocycles. The summed E-state index contributed by atoms with van der Waals surface area (Å²) in [5.74, 6) is 5.48. The minimum atomic E-state index is -0.591. The Morgan fingerprint density at radius 3 is 2.69 bits per heavy atom. The zero-order valence-corrected chi connectivity index (χ0v) is 9.06. The highest BCUT2D eigenvalue weighted by Crippen LogP contribution is 2.31. The van der Waals surface area contributed by atoms with Gasteiger partial charge in [-0.3, -0.25) is 10.2 Å². The molecule has 0 aliphatic heterocycles. The lowest BCUT2D eigenvalue weighted by molar-refractivity contribution is -0.133. The summed E-state index contributed by atoms with van der Waals surface area (Å²) in [5, 5.41) is 0. The lowest BCUT2D eigenvalue weighted by Crippen LogP contribution is -2.36. The third-order valence-corrected chi connectivity index (χ3v) is 2.68. The van der Waals surface area contributed by atoms with Crippen LogP contribution in [-0.2, 0) is 9.53 Å². The molecule has 1 unspecified atom stereocenters. The molecule has 0 saturated heterocycles. The van der Waals surface area contributed by atoms with Crippen LogP contribution in [0.25, 0.3) is 0 Å². The Morgan fingerprint density at radius 1 is 1.44 bits per heavy atom. The van der Waals surface area contributed by atoms with E-state index in [2.05, 4.69) is 5.43 Å². The molecular weight excluding hydrogens is 204 g/mol. The van der Waals surface area contributed by atoms with Crippen LogP contribution in [0, 0.1) is 5.92 Å². The zero-order chi connectivity index (χ0) is 11.4. The highest BCUT2D eigenvalue weighted by molar-refractivity contribution is 5.81. The van der Waals surface area contributed by atoms with Gasteiger partial charge in [0.15, 0.2) is 6.10 Å². The SMILES string of the molecule is NNC(=O)C(OCC1CC1)c1ccccc1. The summed E-state index contributed by atoms with van der Waals surface area (Å²) >= 11 is 0. The summed E-state index contributed by atoms with van der Waals surface area (Å²) in [7, 11) is 0. The Balaban J connectivity index is 2.03. The van der Waals surface area contributed by atoms with Crippen LogP contribution in [0.4, 0.5) is 0 Å². The third kappa shape index (κ3) is 2.81. The Hall–Kier alpha value is -1.39. The molecule has 1 amide bonds. The van der Waals surface area contributed by atoms with E-state index in [1.807, 2.05) is 30.3 Å². The van der Waals surface area contributed by atoms with E-state index in [9.17, 15) is 4.79 Å². The molecule has 0 bridgehead atoms. The third-order valence-electron chi connectivity index (χ3n) is 2.68. The molecule has 1 saturated carbocycles. The van der Waals surface area contributed by atoms with Crippen molar-refractivity contribution in [1.29, 1.82) is 0 Å². The normalized spacial score (nSPS) is 16.8. The van der Waals surface area contributed by atoms with Crippen LogP contribution < -0.4 is 11.3 Å². The number of nitrogens with one attached hydrogen (secondary N) is 1. The van der Waals surface area contributed by atoms with Gasteiger partial charge in [0, 0.05) is 0 Å². The second-order valence-electron chi connectivity index (χ2n) is 4.08. The van der Waals surface area contributed by atoms with E-state index >= 15 is 0 Å². The number of rotatable bonds is 5. The first-order valence-electron chi connectivity index (χ1n) is 5.48. The van der Waals surface area contributed by atoms with Gasteiger partial charge in [0.25, 0.3) is 5.91 Å². The highest BCUT2D eigenvalue weighted by atomic mass is 16.5. The molecule has 0 radical (unpaired) electrons. The molecule has 1 aromatic rings. The number of benzene rings is 1. The molecule has 3 N–H and O–H groups in total. The molecule has 4 nitrogen and oxygen atoms in total. The molecule has 16 heavy (non-hydrogen) atoms. The smallest absolute Gasteiger partial charge is 0.267 e. The molecule has 1 atom stereocenters. The Kier molecular flexibility index (Phi) is 3.54. The average molecular weight is 220 g/mol. The van der Waals surface area contributed by atoms with Crippen molar-refractivity contribution in [2.24, 2.45) is 11.8 Å². The number of hydrogen-bond donors (Lipinski definition) is 2. The largest absolute Gasteiger partial charge is 0.363 e. The van der Waals surface area contributed by atoms with Gasteiger partial charge in [-0.25, -0.2) is 5.84 Å². The van der Waals surface area contributed by atoms with Gasteiger partial charge in [-0.1, -0.05) is 30.3 Å². The predicted octanol–water partition coefficient (Wildman–Crippen LogP) is 1.14. The summed E-state index contributed by atoms with van der Waals surface area (Å²) in [6.07, 6.45) is 1.81. The highest BCUT2D eigenvalue weighted by Gasteiger charge is 2.26. The van der Waals surface area contributed by atoms with Crippen molar-refractivity contribution in [3.05, 3.63) is 35.9 Å².